The summed E-state index contributed by atoms with van der Waals surface area (Å²) in [5.74, 6) is 0.247. The van der Waals surface area contributed by atoms with Crippen LogP contribution < -0.4 is 0 Å². The molecule has 3 rings (SSSR count). The van der Waals surface area contributed by atoms with Crippen LogP contribution in [0.2, 0.25) is 0 Å². The molecule has 1 unspecified atom stereocenters. The number of piperidine rings is 1. The number of carbonyl (C=O) groups excluding carboxylic acids is 1. The van der Waals surface area contributed by atoms with Gasteiger partial charge in [-0.15, -0.1) is 0 Å². The molecule has 1 amide bonds. The Bertz CT molecular complexity index is 908. The number of sulfonamides is 1. The predicted molar refractivity (Wildman–Crippen MR) is 121 cm³/mol. The molecule has 0 bridgehead atoms. The Morgan fingerprint density at radius 3 is 2.23 bits per heavy atom. The van der Waals surface area contributed by atoms with Crippen LogP contribution >= 0.6 is 0 Å². The van der Waals surface area contributed by atoms with Crippen molar-refractivity contribution in [3.05, 3.63) is 41.3 Å². The Morgan fingerprint density at radius 2 is 1.68 bits per heavy atom. The number of hydrogen-bond donors (Lipinski definition) is 0. The second kappa shape index (κ2) is 10.4. The molecule has 2 saturated heterocycles. The molecular weight excluding hydrogens is 412 g/mol. The lowest BCUT2D eigenvalue weighted by molar-refractivity contribution is -0.138. The Morgan fingerprint density at radius 1 is 1.06 bits per heavy atom. The van der Waals surface area contributed by atoms with E-state index in [1.807, 2.05) is 49.1 Å². The van der Waals surface area contributed by atoms with Gasteiger partial charge in [0.05, 0.1) is 6.07 Å². The number of benzene rings is 1. The zero-order valence-electron chi connectivity index (χ0n) is 18.4. The standard InChI is InChI=1S/C23H32N4O3S/c1-19(2)22(18-24)25-13-15-26(16-14-25)23(28)21-8-11-27(12-9-21)31(29,30)17-10-20-6-4-3-5-7-20/h3-7,10,17,19,21-22H,8-9,11-16H2,1-2H3/b17-10+. The first-order valence-electron chi connectivity index (χ1n) is 11.0. The molecule has 0 radical (unpaired) electrons. The van der Waals surface area contributed by atoms with Crippen LogP contribution in [0.1, 0.15) is 32.3 Å². The van der Waals surface area contributed by atoms with Crippen molar-refractivity contribution >= 4 is 22.0 Å². The van der Waals surface area contributed by atoms with E-state index in [0.29, 0.717) is 52.1 Å². The monoisotopic (exact) mass is 444 g/mol. The summed E-state index contributed by atoms with van der Waals surface area (Å²) < 4.78 is 26.7. The van der Waals surface area contributed by atoms with Gasteiger partial charge >= 0.3 is 0 Å². The number of nitriles is 1. The van der Waals surface area contributed by atoms with Gasteiger partial charge in [0.2, 0.25) is 15.9 Å². The van der Waals surface area contributed by atoms with Crippen LogP contribution in [0.15, 0.2) is 35.7 Å². The van der Waals surface area contributed by atoms with Crippen molar-refractivity contribution in [2.75, 3.05) is 39.3 Å². The number of hydrogen-bond acceptors (Lipinski definition) is 5. The molecule has 0 spiro atoms. The van der Waals surface area contributed by atoms with Crippen molar-refractivity contribution in [2.24, 2.45) is 11.8 Å². The van der Waals surface area contributed by atoms with Crippen molar-refractivity contribution in [2.45, 2.75) is 32.7 Å². The normalized spacial score (nSPS) is 20.8. The third kappa shape index (κ3) is 5.94. The van der Waals surface area contributed by atoms with Gasteiger partial charge in [0.25, 0.3) is 0 Å². The van der Waals surface area contributed by atoms with Crippen molar-refractivity contribution in [1.82, 2.24) is 14.1 Å². The molecule has 0 saturated carbocycles. The summed E-state index contributed by atoms with van der Waals surface area (Å²) in [7, 11) is -3.49. The minimum absolute atomic E-state index is 0.116. The minimum atomic E-state index is -3.49. The lowest BCUT2D eigenvalue weighted by Crippen LogP contribution is -2.54. The quantitative estimate of drug-likeness (QED) is 0.673. The molecule has 2 heterocycles. The van der Waals surface area contributed by atoms with Crippen LogP contribution in [0.25, 0.3) is 6.08 Å². The molecule has 0 aromatic heterocycles. The predicted octanol–water partition coefficient (Wildman–Crippen LogP) is 2.39. The topological polar surface area (TPSA) is 84.7 Å². The molecule has 2 fully saturated rings. The highest BCUT2D eigenvalue weighted by Crippen LogP contribution is 2.24. The van der Waals surface area contributed by atoms with E-state index >= 15 is 0 Å². The molecule has 168 valence electrons. The Balaban J connectivity index is 1.50. The van der Waals surface area contributed by atoms with Crippen LogP contribution in [0.3, 0.4) is 0 Å². The summed E-state index contributed by atoms with van der Waals surface area (Å²) in [4.78, 5) is 17.0. The highest BCUT2D eigenvalue weighted by atomic mass is 32.2. The number of carbonyl (C=O) groups is 1. The van der Waals surface area contributed by atoms with Crippen molar-refractivity contribution in [3.63, 3.8) is 0 Å². The highest BCUT2D eigenvalue weighted by Gasteiger charge is 2.34. The molecule has 0 aliphatic carbocycles. The van der Waals surface area contributed by atoms with Gasteiger partial charge in [0.15, 0.2) is 0 Å². The van der Waals surface area contributed by atoms with Gasteiger partial charge in [-0.3, -0.25) is 9.69 Å². The van der Waals surface area contributed by atoms with Gasteiger partial charge in [-0.25, -0.2) is 8.42 Å². The molecular formula is C23H32N4O3S. The molecule has 2 aliphatic heterocycles. The smallest absolute Gasteiger partial charge is 0.236 e. The third-order valence-corrected chi connectivity index (χ3v) is 7.74. The van der Waals surface area contributed by atoms with Gasteiger partial charge in [-0.2, -0.15) is 9.57 Å². The fourth-order valence-electron chi connectivity index (χ4n) is 4.30. The number of nitrogens with zero attached hydrogens (tertiary/aromatic N) is 4. The van der Waals surface area contributed by atoms with Crippen LogP contribution in [0.4, 0.5) is 0 Å². The molecule has 0 N–H and O–H groups in total. The molecule has 8 heteroatoms. The molecule has 1 atom stereocenters. The van der Waals surface area contributed by atoms with E-state index in [1.54, 1.807) is 6.08 Å². The summed E-state index contributed by atoms with van der Waals surface area (Å²) in [6, 6.07) is 11.6. The molecule has 31 heavy (non-hydrogen) atoms. The third-order valence-electron chi connectivity index (χ3n) is 6.18. The Hall–Kier alpha value is -2.21. The lowest BCUT2D eigenvalue weighted by atomic mass is 9.96. The van der Waals surface area contributed by atoms with Crippen molar-refractivity contribution in [1.29, 1.82) is 5.26 Å². The first-order chi connectivity index (χ1) is 14.8. The fourth-order valence-corrected chi connectivity index (χ4v) is 5.52. The zero-order chi connectivity index (χ0) is 22.4. The van der Waals surface area contributed by atoms with E-state index in [4.69, 9.17) is 0 Å². The molecule has 1 aromatic rings. The number of piperazine rings is 1. The van der Waals surface area contributed by atoms with Crippen LogP contribution in [-0.4, -0.2) is 73.7 Å². The van der Waals surface area contributed by atoms with Crippen LogP contribution in [0, 0.1) is 23.2 Å². The largest absolute Gasteiger partial charge is 0.340 e. The molecule has 2 aliphatic rings. The summed E-state index contributed by atoms with van der Waals surface area (Å²) in [6.07, 6.45) is 2.70. The summed E-state index contributed by atoms with van der Waals surface area (Å²) in [5, 5.41) is 10.6. The van der Waals surface area contributed by atoms with Gasteiger partial charge in [-0.05, 0) is 30.4 Å². The minimum Gasteiger partial charge on any atom is -0.340 e. The van der Waals surface area contributed by atoms with Gasteiger partial charge in [0.1, 0.15) is 6.04 Å². The average Bonchev–Trinajstić information content (AvgIpc) is 2.79. The first-order valence-corrected chi connectivity index (χ1v) is 12.5. The average molecular weight is 445 g/mol. The van der Waals surface area contributed by atoms with E-state index in [-0.39, 0.29) is 23.8 Å². The van der Waals surface area contributed by atoms with Crippen molar-refractivity contribution < 1.29 is 13.2 Å². The summed E-state index contributed by atoms with van der Waals surface area (Å²) in [6.45, 7) is 7.48. The van der Waals surface area contributed by atoms with Crippen LogP contribution in [-0.2, 0) is 14.8 Å². The maximum absolute atomic E-state index is 13.0. The number of amides is 1. The lowest BCUT2D eigenvalue weighted by Gasteiger charge is -2.40. The van der Waals surface area contributed by atoms with Crippen molar-refractivity contribution in [3.8, 4) is 6.07 Å². The summed E-state index contributed by atoms with van der Waals surface area (Å²) >= 11 is 0. The fraction of sp³-hybridized carbons (Fsp3) is 0.565. The molecule has 1 aromatic carbocycles. The second-order valence-corrected chi connectivity index (χ2v) is 10.4. The second-order valence-electron chi connectivity index (χ2n) is 8.61. The molecule has 7 nitrogen and oxygen atoms in total. The van der Waals surface area contributed by atoms with Crippen LogP contribution in [0.5, 0.6) is 0 Å². The summed E-state index contributed by atoms with van der Waals surface area (Å²) in [5.41, 5.74) is 0.839. The Kier molecular flexibility index (Phi) is 7.87. The zero-order valence-corrected chi connectivity index (χ0v) is 19.2. The maximum Gasteiger partial charge on any atom is 0.236 e. The van der Waals surface area contributed by atoms with Gasteiger partial charge in [0, 0.05) is 50.6 Å². The van der Waals surface area contributed by atoms with E-state index in [9.17, 15) is 18.5 Å². The van der Waals surface area contributed by atoms with Gasteiger partial charge in [-0.1, -0.05) is 44.2 Å². The Labute approximate surface area is 186 Å². The van der Waals surface area contributed by atoms with E-state index in [1.165, 1.54) is 9.71 Å². The van der Waals surface area contributed by atoms with E-state index < -0.39 is 10.0 Å². The highest BCUT2D eigenvalue weighted by molar-refractivity contribution is 7.92. The van der Waals surface area contributed by atoms with E-state index in [2.05, 4.69) is 11.0 Å². The first kappa shape index (κ1) is 23.5. The number of rotatable bonds is 6. The van der Waals surface area contributed by atoms with Gasteiger partial charge < -0.3 is 4.90 Å². The van der Waals surface area contributed by atoms with E-state index in [0.717, 1.165) is 5.56 Å². The SMILES string of the molecule is CC(C)C(C#N)N1CCN(C(=O)C2CCN(S(=O)(=O)/C=C/c3ccccc3)CC2)CC1. The maximum atomic E-state index is 13.0.